The van der Waals surface area contributed by atoms with Crippen LogP contribution in [-0.4, -0.2) is 22.6 Å². The molecule has 158 valence electrons. The fourth-order valence-electron chi connectivity index (χ4n) is 3.46. The molecule has 6 nitrogen and oxygen atoms in total. The number of anilines is 2. The number of ether oxygens (including phenoxy) is 1. The first-order valence-corrected chi connectivity index (χ1v) is 11.1. The van der Waals surface area contributed by atoms with E-state index in [2.05, 4.69) is 15.6 Å². The molecule has 2 heterocycles. The summed E-state index contributed by atoms with van der Waals surface area (Å²) in [4.78, 5) is 29.8. The lowest BCUT2D eigenvalue weighted by atomic mass is 10.2. The Balaban J connectivity index is 1.24. The fraction of sp³-hybridized carbons (Fsp3) is 0.0800. The standard InChI is InChI=1S/C25H19N3O3S/c29-23-15-32-24-21(27-23)6-3-7-22(24)28-25(30)17-9-12-19(13-10-17)31-14-18-11-8-16-4-1-2-5-20(16)26-18/h1-13H,14-15H2,(H,27,29)(H,28,30). The summed E-state index contributed by atoms with van der Waals surface area (Å²) in [6, 6.07) is 24.4. The summed E-state index contributed by atoms with van der Waals surface area (Å²) in [5, 5.41) is 6.85. The van der Waals surface area contributed by atoms with Crippen LogP contribution >= 0.6 is 11.8 Å². The van der Waals surface area contributed by atoms with E-state index < -0.39 is 0 Å². The van der Waals surface area contributed by atoms with Crippen LogP contribution in [0.15, 0.2) is 83.8 Å². The SMILES string of the molecule is O=C1CSc2c(cccc2NC(=O)c2ccc(OCc3ccc4ccccc4n3)cc2)N1. The lowest BCUT2D eigenvalue weighted by Gasteiger charge is -2.19. The first kappa shape index (κ1) is 20.1. The summed E-state index contributed by atoms with van der Waals surface area (Å²) in [5.74, 6) is 0.726. The van der Waals surface area contributed by atoms with E-state index in [0.717, 1.165) is 27.2 Å². The summed E-state index contributed by atoms with van der Waals surface area (Å²) < 4.78 is 5.84. The number of thioether (sulfide) groups is 1. The lowest BCUT2D eigenvalue weighted by molar-refractivity contribution is -0.113. The van der Waals surface area contributed by atoms with Crippen molar-refractivity contribution in [3.05, 3.63) is 90.1 Å². The van der Waals surface area contributed by atoms with Gasteiger partial charge in [-0.15, -0.1) is 11.8 Å². The average molecular weight is 442 g/mol. The molecule has 2 amide bonds. The van der Waals surface area contributed by atoms with Gasteiger partial charge in [-0.2, -0.15) is 0 Å². The Bertz CT molecular complexity index is 1320. The molecular weight excluding hydrogens is 422 g/mol. The van der Waals surface area contributed by atoms with Gasteiger partial charge < -0.3 is 15.4 Å². The van der Waals surface area contributed by atoms with Crippen LogP contribution < -0.4 is 15.4 Å². The third-order valence-electron chi connectivity index (χ3n) is 5.04. The number of aromatic nitrogens is 1. The number of pyridine rings is 1. The molecule has 0 radical (unpaired) electrons. The van der Waals surface area contributed by atoms with Crippen LogP contribution in [0.5, 0.6) is 5.75 Å². The van der Waals surface area contributed by atoms with Gasteiger partial charge in [-0.25, -0.2) is 4.98 Å². The summed E-state index contributed by atoms with van der Waals surface area (Å²) in [6.07, 6.45) is 0. The smallest absolute Gasteiger partial charge is 0.255 e. The maximum atomic E-state index is 12.7. The van der Waals surface area contributed by atoms with Crippen molar-refractivity contribution in [3.63, 3.8) is 0 Å². The molecule has 32 heavy (non-hydrogen) atoms. The van der Waals surface area contributed by atoms with E-state index in [1.807, 2.05) is 48.5 Å². The Kier molecular flexibility index (Phi) is 5.47. The lowest BCUT2D eigenvalue weighted by Crippen LogP contribution is -2.20. The number of hydrogen-bond donors (Lipinski definition) is 2. The largest absolute Gasteiger partial charge is 0.487 e. The maximum Gasteiger partial charge on any atom is 0.255 e. The van der Waals surface area contributed by atoms with E-state index in [-0.39, 0.29) is 11.8 Å². The van der Waals surface area contributed by atoms with Gasteiger partial charge in [-0.05, 0) is 48.5 Å². The fourth-order valence-corrected chi connectivity index (χ4v) is 4.35. The van der Waals surface area contributed by atoms with Crippen molar-refractivity contribution in [1.29, 1.82) is 0 Å². The number of nitrogens with one attached hydrogen (secondary N) is 2. The van der Waals surface area contributed by atoms with Crippen molar-refractivity contribution >= 4 is 45.9 Å². The Morgan fingerprint density at radius 3 is 2.72 bits per heavy atom. The second kappa shape index (κ2) is 8.72. The van der Waals surface area contributed by atoms with Crippen LogP contribution in [0.25, 0.3) is 10.9 Å². The molecule has 0 atom stereocenters. The summed E-state index contributed by atoms with van der Waals surface area (Å²) in [7, 11) is 0. The first-order chi connectivity index (χ1) is 15.7. The van der Waals surface area contributed by atoms with E-state index >= 15 is 0 Å². The Hall–Kier alpha value is -3.84. The molecule has 2 N–H and O–H groups in total. The first-order valence-electron chi connectivity index (χ1n) is 10.1. The van der Waals surface area contributed by atoms with Crippen molar-refractivity contribution < 1.29 is 14.3 Å². The van der Waals surface area contributed by atoms with Crippen molar-refractivity contribution in [2.75, 3.05) is 16.4 Å². The van der Waals surface area contributed by atoms with Gasteiger partial charge in [0, 0.05) is 10.9 Å². The number of nitrogens with zero attached hydrogens (tertiary/aromatic N) is 1. The molecular formula is C25H19N3O3S. The number of fused-ring (bicyclic) bond motifs is 2. The summed E-state index contributed by atoms with van der Waals surface area (Å²) in [6.45, 7) is 0.343. The van der Waals surface area contributed by atoms with Gasteiger partial charge in [0.05, 0.1) is 33.2 Å². The number of rotatable bonds is 5. The van der Waals surface area contributed by atoms with E-state index in [9.17, 15) is 9.59 Å². The van der Waals surface area contributed by atoms with Gasteiger partial charge in [-0.1, -0.05) is 30.3 Å². The van der Waals surface area contributed by atoms with Gasteiger partial charge in [0.2, 0.25) is 5.91 Å². The average Bonchev–Trinajstić information content (AvgIpc) is 2.83. The molecule has 0 saturated carbocycles. The molecule has 0 spiro atoms. The predicted molar refractivity (Wildman–Crippen MR) is 126 cm³/mol. The number of amides is 2. The third kappa shape index (κ3) is 4.29. The second-order valence-electron chi connectivity index (χ2n) is 7.28. The van der Waals surface area contributed by atoms with E-state index in [0.29, 0.717) is 29.4 Å². The summed E-state index contributed by atoms with van der Waals surface area (Å²) in [5.41, 5.74) is 3.68. The monoisotopic (exact) mass is 441 g/mol. The molecule has 7 heteroatoms. The van der Waals surface area contributed by atoms with E-state index in [1.165, 1.54) is 11.8 Å². The molecule has 1 aliphatic rings. The van der Waals surface area contributed by atoms with Crippen molar-refractivity contribution in [2.24, 2.45) is 0 Å². The van der Waals surface area contributed by atoms with Gasteiger partial charge >= 0.3 is 0 Å². The van der Waals surface area contributed by atoms with Crippen molar-refractivity contribution in [1.82, 2.24) is 4.98 Å². The van der Waals surface area contributed by atoms with Crippen LogP contribution in [0.2, 0.25) is 0 Å². The number of carbonyl (C=O) groups excluding carboxylic acids is 2. The molecule has 0 aliphatic carbocycles. The highest BCUT2D eigenvalue weighted by Gasteiger charge is 2.19. The van der Waals surface area contributed by atoms with Crippen molar-refractivity contribution in [3.8, 4) is 5.75 Å². The minimum absolute atomic E-state index is 0.0412. The van der Waals surface area contributed by atoms with Gasteiger partial charge in [0.25, 0.3) is 5.91 Å². The topological polar surface area (TPSA) is 80.3 Å². The zero-order valence-electron chi connectivity index (χ0n) is 17.0. The van der Waals surface area contributed by atoms with Crippen LogP contribution in [0.3, 0.4) is 0 Å². The number of carbonyl (C=O) groups is 2. The number of para-hydroxylation sites is 1. The Labute approximate surface area is 189 Å². The van der Waals surface area contributed by atoms with Gasteiger partial charge in [0.15, 0.2) is 0 Å². The predicted octanol–water partition coefficient (Wildman–Crippen LogP) is 5.11. The minimum Gasteiger partial charge on any atom is -0.487 e. The highest BCUT2D eigenvalue weighted by atomic mass is 32.2. The quantitative estimate of drug-likeness (QED) is 0.450. The molecule has 0 fully saturated rings. The van der Waals surface area contributed by atoms with Crippen LogP contribution in [-0.2, 0) is 11.4 Å². The van der Waals surface area contributed by atoms with Gasteiger partial charge in [0.1, 0.15) is 12.4 Å². The molecule has 1 aromatic heterocycles. The number of hydrogen-bond acceptors (Lipinski definition) is 5. The van der Waals surface area contributed by atoms with Gasteiger partial charge in [-0.3, -0.25) is 9.59 Å². The number of benzene rings is 3. The van der Waals surface area contributed by atoms with Crippen LogP contribution in [0.4, 0.5) is 11.4 Å². The second-order valence-corrected chi connectivity index (χ2v) is 8.27. The maximum absolute atomic E-state index is 12.7. The molecule has 0 unspecified atom stereocenters. The zero-order valence-corrected chi connectivity index (χ0v) is 17.8. The molecule has 0 bridgehead atoms. The Morgan fingerprint density at radius 2 is 1.84 bits per heavy atom. The molecule has 0 saturated heterocycles. The normalized spacial score (nSPS) is 12.7. The molecule has 4 aromatic rings. The molecule has 5 rings (SSSR count). The highest BCUT2D eigenvalue weighted by molar-refractivity contribution is 8.00. The zero-order chi connectivity index (χ0) is 21.9. The highest BCUT2D eigenvalue weighted by Crippen LogP contribution is 2.37. The Morgan fingerprint density at radius 1 is 1.00 bits per heavy atom. The van der Waals surface area contributed by atoms with Crippen LogP contribution in [0, 0.1) is 0 Å². The molecule has 1 aliphatic heterocycles. The van der Waals surface area contributed by atoms with E-state index in [1.54, 1.807) is 30.3 Å². The molecule has 3 aromatic carbocycles. The minimum atomic E-state index is -0.223. The van der Waals surface area contributed by atoms with Crippen molar-refractivity contribution in [2.45, 2.75) is 11.5 Å². The van der Waals surface area contributed by atoms with Crippen LogP contribution in [0.1, 0.15) is 16.1 Å². The third-order valence-corrected chi connectivity index (χ3v) is 6.18. The summed E-state index contributed by atoms with van der Waals surface area (Å²) >= 11 is 1.42. The van der Waals surface area contributed by atoms with E-state index in [4.69, 9.17) is 4.74 Å².